The SMILES string of the molecule is COc1nc(N2CCNCC23CCCCC3)ncc1Br. The third-order valence-corrected chi connectivity index (χ3v) is 5.00. The highest BCUT2D eigenvalue weighted by Gasteiger charge is 2.41. The zero-order chi connectivity index (χ0) is 14.0. The molecule has 1 aliphatic carbocycles. The third kappa shape index (κ3) is 2.51. The van der Waals surface area contributed by atoms with Crippen molar-refractivity contribution in [3.63, 3.8) is 0 Å². The summed E-state index contributed by atoms with van der Waals surface area (Å²) in [5.74, 6) is 1.41. The van der Waals surface area contributed by atoms with Gasteiger partial charge in [-0.15, -0.1) is 0 Å². The highest BCUT2D eigenvalue weighted by atomic mass is 79.9. The number of nitrogens with zero attached hydrogens (tertiary/aromatic N) is 3. The number of aromatic nitrogens is 2. The van der Waals surface area contributed by atoms with Crippen molar-refractivity contribution in [3.05, 3.63) is 10.7 Å². The summed E-state index contributed by atoms with van der Waals surface area (Å²) in [6.07, 6.45) is 8.18. The zero-order valence-corrected chi connectivity index (χ0v) is 13.4. The Morgan fingerprint density at radius 1 is 1.35 bits per heavy atom. The molecule has 0 bridgehead atoms. The molecule has 1 saturated carbocycles. The highest BCUT2D eigenvalue weighted by molar-refractivity contribution is 9.10. The Labute approximate surface area is 128 Å². The van der Waals surface area contributed by atoms with E-state index < -0.39 is 0 Å². The van der Waals surface area contributed by atoms with Crippen molar-refractivity contribution in [2.45, 2.75) is 37.6 Å². The van der Waals surface area contributed by atoms with Crippen LogP contribution in [0.5, 0.6) is 5.88 Å². The normalized spacial score (nSPS) is 22.0. The molecule has 2 fully saturated rings. The van der Waals surface area contributed by atoms with E-state index in [1.807, 2.05) is 0 Å². The summed E-state index contributed by atoms with van der Waals surface area (Å²) in [6, 6.07) is 0. The highest BCUT2D eigenvalue weighted by Crippen LogP contribution is 2.37. The van der Waals surface area contributed by atoms with Crippen molar-refractivity contribution in [2.75, 3.05) is 31.6 Å². The lowest BCUT2D eigenvalue weighted by atomic mass is 9.79. The average molecular weight is 341 g/mol. The van der Waals surface area contributed by atoms with Gasteiger partial charge in [-0.1, -0.05) is 19.3 Å². The van der Waals surface area contributed by atoms with Crippen molar-refractivity contribution >= 4 is 21.9 Å². The van der Waals surface area contributed by atoms with E-state index in [1.165, 1.54) is 32.1 Å². The lowest BCUT2D eigenvalue weighted by Gasteiger charge is -2.49. The van der Waals surface area contributed by atoms with Gasteiger partial charge in [0.05, 0.1) is 23.3 Å². The minimum Gasteiger partial charge on any atom is -0.480 e. The number of hydrogen-bond acceptors (Lipinski definition) is 5. The summed E-state index contributed by atoms with van der Waals surface area (Å²) in [5.41, 5.74) is 0.190. The fraction of sp³-hybridized carbons (Fsp3) is 0.714. The van der Waals surface area contributed by atoms with Gasteiger partial charge in [0.25, 0.3) is 0 Å². The second-order valence-electron chi connectivity index (χ2n) is 5.64. The van der Waals surface area contributed by atoms with E-state index in [0.717, 1.165) is 30.1 Å². The first-order valence-corrected chi connectivity index (χ1v) is 8.09. The fourth-order valence-electron chi connectivity index (χ4n) is 3.43. The Hall–Kier alpha value is -0.880. The van der Waals surface area contributed by atoms with Crippen molar-refractivity contribution in [1.82, 2.24) is 15.3 Å². The third-order valence-electron chi connectivity index (χ3n) is 4.46. The molecule has 1 aromatic heterocycles. The minimum absolute atomic E-state index is 0.190. The van der Waals surface area contributed by atoms with Crippen LogP contribution in [0, 0.1) is 0 Å². The summed E-state index contributed by atoms with van der Waals surface area (Å²) in [7, 11) is 1.64. The summed E-state index contributed by atoms with van der Waals surface area (Å²) in [4.78, 5) is 11.5. The van der Waals surface area contributed by atoms with Crippen molar-refractivity contribution in [2.24, 2.45) is 0 Å². The van der Waals surface area contributed by atoms with Crippen LogP contribution < -0.4 is 15.0 Å². The number of nitrogens with one attached hydrogen (secondary N) is 1. The van der Waals surface area contributed by atoms with Crippen LogP contribution in [0.4, 0.5) is 5.95 Å². The predicted octanol–water partition coefficient (Wildman–Crippen LogP) is 2.36. The van der Waals surface area contributed by atoms with Crippen LogP contribution >= 0.6 is 15.9 Å². The van der Waals surface area contributed by atoms with Crippen LogP contribution in [0.25, 0.3) is 0 Å². The fourth-order valence-corrected chi connectivity index (χ4v) is 3.78. The number of ether oxygens (including phenoxy) is 1. The second kappa shape index (κ2) is 5.85. The number of halogens is 1. The number of hydrogen-bond donors (Lipinski definition) is 1. The zero-order valence-electron chi connectivity index (χ0n) is 11.9. The number of methoxy groups -OCH3 is 1. The largest absolute Gasteiger partial charge is 0.480 e. The first-order valence-electron chi connectivity index (χ1n) is 7.30. The van der Waals surface area contributed by atoms with Crippen LogP contribution in [0.15, 0.2) is 10.7 Å². The molecule has 20 heavy (non-hydrogen) atoms. The molecule has 0 unspecified atom stereocenters. The average Bonchev–Trinajstić information content (AvgIpc) is 2.49. The van der Waals surface area contributed by atoms with Gasteiger partial charge in [0, 0.05) is 19.6 Å². The molecular weight excluding hydrogens is 320 g/mol. The van der Waals surface area contributed by atoms with Gasteiger partial charge in [-0.3, -0.25) is 0 Å². The van der Waals surface area contributed by atoms with Crippen molar-refractivity contribution < 1.29 is 4.74 Å². The van der Waals surface area contributed by atoms with Crippen LogP contribution in [-0.2, 0) is 0 Å². The predicted molar refractivity (Wildman–Crippen MR) is 82.3 cm³/mol. The monoisotopic (exact) mass is 340 g/mol. The molecule has 1 saturated heterocycles. The molecule has 0 aromatic carbocycles. The van der Waals surface area contributed by atoms with Crippen LogP contribution in [-0.4, -0.2) is 42.3 Å². The van der Waals surface area contributed by atoms with Gasteiger partial charge in [0.15, 0.2) is 0 Å². The van der Waals surface area contributed by atoms with E-state index in [2.05, 4.69) is 36.1 Å². The molecule has 3 rings (SSSR count). The molecule has 2 heterocycles. The maximum Gasteiger partial charge on any atom is 0.232 e. The van der Waals surface area contributed by atoms with E-state index in [-0.39, 0.29) is 5.54 Å². The molecule has 0 atom stereocenters. The Kier molecular flexibility index (Phi) is 4.12. The quantitative estimate of drug-likeness (QED) is 0.895. The van der Waals surface area contributed by atoms with E-state index >= 15 is 0 Å². The summed E-state index contributed by atoms with van der Waals surface area (Å²) in [6.45, 7) is 2.99. The van der Waals surface area contributed by atoms with Gasteiger partial charge in [0.1, 0.15) is 0 Å². The van der Waals surface area contributed by atoms with Gasteiger partial charge >= 0.3 is 0 Å². The summed E-state index contributed by atoms with van der Waals surface area (Å²) in [5, 5.41) is 3.55. The molecular formula is C14H21BrN4O. The van der Waals surface area contributed by atoms with Gasteiger partial charge < -0.3 is 15.0 Å². The van der Waals surface area contributed by atoms with Gasteiger partial charge in [-0.25, -0.2) is 4.98 Å². The number of rotatable bonds is 2. The van der Waals surface area contributed by atoms with E-state index in [0.29, 0.717) is 5.88 Å². The van der Waals surface area contributed by atoms with E-state index in [1.54, 1.807) is 13.3 Å². The first kappa shape index (κ1) is 14.1. The maximum absolute atomic E-state index is 5.31. The molecule has 0 radical (unpaired) electrons. The molecule has 1 N–H and O–H groups in total. The standard InChI is InChI=1S/C14H21BrN4O/c1-20-12-11(15)9-17-13(18-12)19-8-7-16-10-14(19)5-3-2-4-6-14/h9,16H,2-8,10H2,1H3. The lowest BCUT2D eigenvalue weighted by Crippen LogP contribution is -2.62. The smallest absolute Gasteiger partial charge is 0.232 e. The molecule has 1 spiro atoms. The lowest BCUT2D eigenvalue weighted by molar-refractivity contribution is 0.237. The topological polar surface area (TPSA) is 50.3 Å². The van der Waals surface area contributed by atoms with Crippen molar-refractivity contribution in [3.8, 4) is 5.88 Å². The molecule has 2 aliphatic rings. The summed E-state index contributed by atoms with van der Waals surface area (Å²) >= 11 is 3.42. The number of anilines is 1. The molecule has 110 valence electrons. The van der Waals surface area contributed by atoms with Crippen LogP contribution in [0.2, 0.25) is 0 Å². The Morgan fingerprint density at radius 3 is 2.90 bits per heavy atom. The maximum atomic E-state index is 5.31. The van der Waals surface area contributed by atoms with Gasteiger partial charge in [-0.05, 0) is 28.8 Å². The molecule has 6 heteroatoms. The Balaban J connectivity index is 1.93. The van der Waals surface area contributed by atoms with Crippen LogP contribution in [0.1, 0.15) is 32.1 Å². The molecule has 1 aliphatic heterocycles. The summed E-state index contributed by atoms with van der Waals surface area (Å²) < 4.78 is 6.11. The van der Waals surface area contributed by atoms with Crippen molar-refractivity contribution in [1.29, 1.82) is 0 Å². The molecule has 1 aromatic rings. The molecule has 0 amide bonds. The Bertz CT molecular complexity index is 468. The first-order chi connectivity index (χ1) is 9.75. The van der Waals surface area contributed by atoms with E-state index in [9.17, 15) is 0 Å². The Morgan fingerprint density at radius 2 is 2.15 bits per heavy atom. The minimum atomic E-state index is 0.190. The van der Waals surface area contributed by atoms with Gasteiger partial charge in [0.2, 0.25) is 11.8 Å². The molecule has 5 nitrogen and oxygen atoms in total. The van der Waals surface area contributed by atoms with Gasteiger partial charge in [-0.2, -0.15) is 4.98 Å². The number of piperazine rings is 1. The second-order valence-corrected chi connectivity index (χ2v) is 6.49. The van der Waals surface area contributed by atoms with E-state index in [4.69, 9.17) is 4.74 Å². The van der Waals surface area contributed by atoms with Crippen LogP contribution in [0.3, 0.4) is 0 Å².